The van der Waals surface area contributed by atoms with Crippen molar-refractivity contribution in [2.75, 3.05) is 37.4 Å². The van der Waals surface area contributed by atoms with Crippen LogP contribution in [0.4, 0.5) is 5.95 Å². The summed E-state index contributed by atoms with van der Waals surface area (Å²) in [6.45, 7) is 12.7. The monoisotopic (exact) mass is 603 g/mol. The second-order valence-electron chi connectivity index (χ2n) is 12.3. The first-order valence-corrected chi connectivity index (χ1v) is 19.0. The smallest absolute Gasteiger partial charge is 0.246 e. The summed E-state index contributed by atoms with van der Waals surface area (Å²) in [5.74, 6) is 1.25. The van der Waals surface area contributed by atoms with Gasteiger partial charge in [0.15, 0.2) is 5.76 Å². The van der Waals surface area contributed by atoms with Gasteiger partial charge in [0.05, 0.1) is 26.2 Å². The summed E-state index contributed by atoms with van der Waals surface area (Å²) in [4.78, 5) is 14.6. The molecule has 224 valence electrons. The van der Waals surface area contributed by atoms with Crippen molar-refractivity contribution in [1.29, 1.82) is 0 Å². The van der Waals surface area contributed by atoms with E-state index in [-0.39, 0.29) is 36.6 Å². The molecule has 0 N–H and O–H groups in total. The molecule has 0 radical (unpaired) electrons. The Bertz CT molecular complexity index is 1460. The van der Waals surface area contributed by atoms with E-state index in [4.69, 9.17) is 13.9 Å². The molecule has 4 rings (SSSR count). The van der Waals surface area contributed by atoms with Crippen LogP contribution in [-0.2, 0) is 14.8 Å². The summed E-state index contributed by atoms with van der Waals surface area (Å²) < 4.78 is 48.4. The first-order valence-electron chi connectivity index (χ1n) is 13.7. The summed E-state index contributed by atoms with van der Waals surface area (Å²) in [7, 11) is -2.61. The molecule has 1 fully saturated rings. The number of ether oxygens (including phenoxy) is 2. The maximum Gasteiger partial charge on any atom is 0.246 e. The van der Waals surface area contributed by atoms with Gasteiger partial charge in [-0.2, -0.15) is 0 Å². The van der Waals surface area contributed by atoms with Crippen LogP contribution in [0.3, 0.4) is 0 Å². The fourth-order valence-electron chi connectivity index (χ4n) is 5.30. The van der Waals surface area contributed by atoms with E-state index in [1.807, 2.05) is 20.8 Å². The second-order valence-corrected chi connectivity index (χ2v) is 19.9. The third-order valence-corrected chi connectivity index (χ3v) is 10.9. The second kappa shape index (κ2) is 11.5. The van der Waals surface area contributed by atoms with Gasteiger partial charge < -0.3 is 18.8 Å². The van der Waals surface area contributed by atoms with E-state index in [2.05, 4.69) is 29.8 Å². The minimum absolute atomic E-state index is 0.0270. The number of likely N-dealkylation sites (tertiary alicyclic amines) is 1. The summed E-state index contributed by atoms with van der Waals surface area (Å²) in [6.07, 6.45) is 2.20. The molecule has 0 spiro atoms. The summed E-state index contributed by atoms with van der Waals surface area (Å²) in [5.41, 5.74) is 0.0219. The summed E-state index contributed by atoms with van der Waals surface area (Å²) in [6, 6.07) is 9.45. The maximum absolute atomic E-state index is 14.2. The Morgan fingerprint density at radius 2 is 1.76 bits per heavy atom. The lowest BCUT2D eigenvalue weighted by Gasteiger charge is -2.33. The van der Waals surface area contributed by atoms with Gasteiger partial charge in [-0.15, -0.1) is 10.2 Å². The molecule has 0 aliphatic carbocycles. The van der Waals surface area contributed by atoms with E-state index in [0.29, 0.717) is 41.2 Å². The first-order chi connectivity index (χ1) is 19.2. The number of methoxy groups -OCH3 is 2. The Labute approximate surface area is 243 Å². The highest BCUT2D eigenvalue weighted by Crippen LogP contribution is 2.39. The van der Waals surface area contributed by atoms with Crippen molar-refractivity contribution in [2.24, 2.45) is 5.92 Å². The van der Waals surface area contributed by atoms with Crippen molar-refractivity contribution in [3.8, 4) is 28.8 Å². The van der Waals surface area contributed by atoms with E-state index in [9.17, 15) is 13.2 Å². The van der Waals surface area contributed by atoms with Crippen molar-refractivity contribution < 1.29 is 27.1 Å². The van der Waals surface area contributed by atoms with Crippen molar-refractivity contribution in [2.45, 2.75) is 58.4 Å². The normalized spacial score (nSPS) is 17.2. The molecule has 3 aromatic rings. The number of aromatic nitrogens is 3. The van der Waals surface area contributed by atoms with Crippen LogP contribution in [-0.4, -0.2) is 80.7 Å². The number of carbonyl (C=O) groups excluding carboxylic acids is 1. The largest absolute Gasteiger partial charge is 0.494 e. The van der Waals surface area contributed by atoms with E-state index in [1.165, 1.54) is 24.8 Å². The Morgan fingerprint density at radius 3 is 2.27 bits per heavy atom. The van der Waals surface area contributed by atoms with Gasteiger partial charge in [0.1, 0.15) is 17.2 Å². The van der Waals surface area contributed by atoms with Crippen molar-refractivity contribution in [3.05, 3.63) is 36.6 Å². The van der Waals surface area contributed by atoms with E-state index in [1.54, 1.807) is 39.8 Å². The fraction of sp³-hybridized carbons (Fsp3) is 0.536. The molecule has 13 heteroatoms. The zero-order chi connectivity index (χ0) is 30.2. The molecule has 1 aliphatic rings. The molecule has 11 nitrogen and oxygen atoms in total. The molecule has 1 atom stereocenters. The number of hydrogen-bond acceptors (Lipinski definition) is 8. The van der Waals surface area contributed by atoms with Crippen LogP contribution in [0.25, 0.3) is 17.3 Å². The number of amides is 1. The van der Waals surface area contributed by atoms with Crippen LogP contribution in [0.5, 0.6) is 11.5 Å². The molecule has 41 heavy (non-hydrogen) atoms. The SMILES string of the molecule is COc1cccc(OC)c1-n1c(-c2ccco2)nnc1N(CC[Si](C)(C)C)S(=O)(=O)CCN1C(=O)[C@H](C)CC1(C)C. The van der Waals surface area contributed by atoms with Crippen LogP contribution < -0.4 is 13.8 Å². The predicted octanol–water partition coefficient (Wildman–Crippen LogP) is 4.67. The Balaban J connectivity index is 1.86. The minimum atomic E-state index is -3.98. The lowest BCUT2D eigenvalue weighted by Crippen LogP contribution is -2.46. The highest BCUT2D eigenvalue weighted by molar-refractivity contribution is 7.92. The zero-order valence-corrected chi connectivity index (χ0v) is 27.0. The van der Waals surface area contributed by atoms with Crippen LogP contribution in [0.1, 0.15) is 27.2 Å². The van der Waals surface area contributed by atoms with Gasteiger partial charge in [-0.1, -0.05) is 32.6 Å². The highest BCUT2D eigenvalue weighted by atomic mass is 32.2. The van der Waals surface area contributed by atoms with Gasteiger partial charge in [-0.05, 0) is 50.6 Å². The Kier molecular flexibility index (Phi) is 8.60. The van der Waals surface area contributed by atoms with Crippen LogP contribution in [0.2, 0.25) is 25.7 Å². The van der Waals surface area contributed by atoms with Crippen LogP contribution >= 0.6 is 0 Å². The van der Waals surface area contributed by atoms with E-state index < -0.39 is 23.6 Å². The number of anilines is 1. The molecule has 1 aliphatic heterocycles. The molecule has 0 bridgehead atoms. The van der Waals surface area contributed by atoms with Crippen LogP contribution in [0, 0.1) is 5.92 Å². The fourth-order valence-corrected chi connectivity index (χ4v) is 7.73. The number of hydrogen-bond donors (Lipinski definition) is 0. The van der Waals surface area contributed by atoms with Gasteiger partial charge in [-0.3, -0.25) is 9.36 Å². The van der Waals surface area contributed by atoms with Crippen molar-refractivity contribution in [3.63, 3.8) is 0 Å². The number of furan rings is 1. The minimum Gasteiger partial charge on any atom is -0.494 e. The number of carbonyl (C=O) groups is 1. The lowest BCUT2D eigenvalue weighted by molar-refractivity contribution is -0.132. The average Bonchev–Trinajstić information content (AvgIpc) is 3.60. The number of rotatable bonds is 12. The number of nitrogens with zero attached hydrogens (tertiary/aromatic N) is 5. The number of para-hydroxylation sites is 1. The lowest BCUT2D eigenvalue weighted by atomic mass is 9.98. The average molecular weight is 604 g/mol. The van der Waals surface area contributed by atoms with Gasteiger partial charge >= 0.3 is 0 Å². The van der Waals surface area contributed by atoms with Gasteiger partial charge in [-0.25, -0.2) is 12.7 Å². The first kappa shape index (κ1) is 30.6. The van der Waals surface area contributed by atoms with Gasteiger partial charge in [0.2, 0.25) is 27.7 Å². The van der Waals surface area contributed by atoms with Gasteiger partial charge in [0.25, 0.3) is 0 Å². The van der Waals surface area contributed by atoms with E-state index in [0.717, 1.165) is 0 Å². The van der Waals surface area contributed by atoms with Crippen molar-refractivity contribution in [1.82, 2.24) is 19.7 Å². The van der Waals surface area contributed by atoms with Gasteiger partial charge in [0, 0.05) is 32.6 Å². The maximum atomic E-state index is 14.2. The van der Waals surface area contributed by atoms with Crippen molar-refractivity contribution >= 4 is 30.0 Å². The summed E-state index contributed by atoms with van der Waals surface area (Å²) in [5, 5.41) is 8.82. The quantitative estimate of drug-likeness (QED) is 0.274. The molecule has 0 saturated carbocycles. The molecular weight excluding hydrogens is 562 g/mol. The molecule has 3 heterocycles. The zero-order valence-electron chi connectivity index (χ0n) is 25.2. The van der Waals surface area contributed by atoms with E-state index >= 15 is 0 Å². The third kappa shape index (κ3) is 6.30. The molecule has 1 aromatic carbocycles. The Morgan fingerprint density at radius 1 is 1.10 bits per heavy atom. The number of benzene rings is 1. The highest BCUT2D eigenvalue weighted by Gasteiger charge is 2.43. The topological polar surface area (TPSA) is 120 Å². The molecule has 0 unspecified atom stereocenters. The van der Waals surface area contributed by atoms with Crippen LogP contribution in [0.15, 0.2) is 41.0 Å². The third-order valence-electron chi connectivity index (χ3n) is 7.43. The number of sulfonamides is 1. The molecule has 2 aromatic heterocycles. The molecular formula is C28H41N5O6SSi. The standard InChI is InChI=1S/C28H41N5O6SSi/c1-20-19-28(2,3)31(26(20)34)14-17-40(35,36)32(15-18-41(6,7)8)27-30-29-25(23-13-10-16-39-23)33(27)24-21(37-4)11-9-12-22(24)38-5/h9-13,16,20H,14-15,17-19H2,1-8H3/t20-/m1/s1. The summed E-state index contributed by atoms with van der Waals surface area (Å²) >= 11 is 0. The molecule has 1 saturated heterocycles. The molecule has 1 amide bonds. The predicted molar refractivity (Wildman–Crippen MR) is 161 cm³/mol. The Hall–Kier alpha value is -3.32.